The van der Waals surface area contributed by atoms with Gasteiger partial charge in [0.05, 0.1) is 18.9 Å². The van der Waals surface area contributed by atoms with Gasteiger partial charge in [-0.25, -0.2) is 0 Å². The summed E-state index contributed by atoms with van der Waals surface area (Å²) in [5.41, 5.74) is 0.494. The highest BCUT2D eigenvalue weighted by atomic mass is 16.5. The smallest absolute Gasteiger partial charge is 0.271 e. The van der Waals surface area contributed by atoms with E-state index < -0.39 is 0 Å². The predicted octanol–water partition coefficient (Wildman–Crippen LogP) is 2.39. The fourth-order valence-electron chi connectivity index (χ4n) is 3.60. The van der Waals surface area contributed by atoms with Gasteiger partial charge in [0.25, 0.3) is 5.56 Å². The molecule has 0 unspecified atom stereocenters. The van der Waals surface area contributed by atoms with Crippen LogP contribution in [-0.2, 0) is 9.53 Å². The minimum absolute atomic E-state index is 0.00904. The molecule has 0 bridgehead atoms. The summed E-state index contributed by atoms with van der Waals surface area (Å²) in [4.78, 5) is 26.9. The van der Waals surface area contributed by atoms with Crippen LogP contribution in [0.4, 0.5) is 5.82 Å². The van der Waals surface area contributed by atoms with Crippen LogP contribution in [0.5, 0.6) is 5.75 Å². The summed E-state index contributed by atoms with van der Waals surface area (Å²) >= 11 is 0. The first-order valence-electron chi connectivity index (χ1n) is 10.9. The molecule has 0 radical (unpaired) electrons. The van der Waals surface area contributed by atoms with E-state index >= 15 is 0 Å². The van der Waals surface area contributed by atoms with Crippen LogP contribution in [0.15, 0.2) is 41.2 Å². The van der Waals surface area contributed by atoms with Crippen LogP contribution in [0.1, 0.15) is 33.1 Å². The summed E-state index contributed by atoms with van der Waals surface area (Å²) in [5.74, 6) is 1.58. The molecule has 1 aliphatic heterocycles. The Hall–Kier alpha value is -2.87. The van der Waals surface area contributed by atoms with E-state index in [-0.39, 0.29) is 23.5 Å². The molecule has 1 amide bonds. The van der Waals surface area contributed by atoms with Crippen LogP contribution < -0.4 is 20.5 Å². The third-order valence-corrected chi connectivity index (χ3v) is 5.36. The van der Waals surface area contributed by atoms with Crippen molar-refractivity contribution in [3.8, 4) is 11.4 Å². The predicted molar refractivity (Wildman–Crippen MR) is 120 cm³/mol. The van der Waals surface area contributed by atoms with Crippen molar-refractivity contribution in [3.63, 3.8) is 0 Å². The number of carbonyl (C=O) groups excluding carboxylic acids is 1. The number of carbonyl (C=O) groups is 1. The second kappa shape index (κ2) is 10.9. The molecule has 8 heteroatoms. The molecule has 3 rings (SSSR count). The van der Waals surface area contributed by atoms with Crippen molar-refractivity contribution in [2.45, 2.75) is 39.2 Å². The van der Waals surface area contributed by atoms with Crippen molar-refractivity contribution >= 4 is 11.7 Å². The highest BCUT2D eigenvalue weighted by Gasteiger charge is 2.25. The van der Waals surface area contributed by atoms with Crippen LogP contribution in [0.3, 0.4) is 0 Å². The summed E-state index contributed by atoms with van der Waals surface area (Å²) < 4.78 is 12.1. The highest BCUT2D eigenvalue weighted by Crippen LogP contribution is 2.22. The Kier molecular flexibility index (Phi) is 8.06. The van der Waals surface area contributed by atoms with Crippen molar-refractivity contribution in [3.05, 3.63) is 46.8 Å². The van der Waals surface area contributed by atoms with Gasteiger partial charge in [-0.1, -0.05) is 0 Å². The van der Waals surface area contributed by atoms with Gasteiger partial charge in [0.15, 0.2) is 0 Å². The average molecular weight is 429 g/mol. The summed E-state index contributed by atoms with van der Waals surface area (Å²) in [6.45, 7) is 6.76. The van der Waals surface area contributed by atoms with E-state index in [0.717, 1.165) is 43.9 Å². The number of hydrogen-bond donors (Lipinski definition) is 1. The molecule has 0 aliphatic carbocycles. The molecule has 1 fully saturated rings. The van der Waals surface area contributed by atoms with Gasteiger partial charge in [-0.05, 0) is 63.4 Å². The molecule has 0 spiro atoms. The number of aromatic nitrogens is 2. The number of benzene rings is 1. The summed E-state index contributed by atoms with van der Waals surface area (Å²) in [5, 5.41) is 7.57. The zero-order chi connectivity index (χ0) is 22.2. The van der Waals surface area contributed by atoms with Gasteiger partial charge in [-0.15, -0.1) is 5.10 Å². The first-order chi connectivity index (χ1) is 15.0. The second-order valence-corrected chi connectivity index (χ2v) is 7.97. The van der Waals surface area contributed by atoms with Gasteiger partial charge >= 0.3 is 0 Å². The molecule has 0 saturated carbocycles. The molecular formula is C23H32N4O4. The molecule has 2 aromatic rings. The van der Waals surface area contributed by atoms with Crippen molar-refractivity contribution < 1.29 is 14.3 Å². The normalized spacial score (nSPS) is 14.6. The van der Waals surface area contributed by atoms with Gasteiger partial charge < -0.3 is 19.7 Å². The maximum Gasteiger partial charge on any atom is 0.271 e. The standard InChI is InChI=1S/C23H32N4O4/c1-17(2)31-16-4-13-24-23(29)18-11-14-26(15-12-18)21-9-10-22(28)27(25-21)19-5-7-20(30-3)8-6-19/h5-10,17-18H,4,11-16H2,1-3H3,(H,24,29). The largest absolute Gasteiger partial charge is 0.497 e. The molecule has 1 aliphatic rings. The minimum atomic E-state index is -0.190. The first-order valence-corrected chi connectivity index (χ1v) is 10.9. The van der Waals surface area contributed by atoms with Crippen LogP contribution >= 0.6 is 0 Å². The lowest BCUT2D eigenvalue weighted by Gasteiger charge is -2.32. The van der Waals surface area contributed by atoms with Gasteiger partial charge in [-0.3, -0.25) is 9.59 Å². The fraction of sp³-hybridized carbons (Fsp3) is 0.522. The van der Waals surface area contributed by atoms with Gasteiger partial charge in [0.1, 0.15) is 11.6 Å². The van der Waals surface area contributed by atoms with E-state index in [9.17, 15) is 9.59 Å². The molecule has 1 N–H and O–H groups in total. The van der Waals surface area contributed by atoms with E-state index in [0.29, 0.717) is 18.8 Å². The maximum absolute atomic E-state index is 12.4. The molecule has 31 heavy (non-hydrogen) atoms. The highest BCUT2D eigenvalue weighted by molar-refractivity contribution is 5.78. The number of piperidine rings is 1. The quantitative estimate of drug-likeness (QED) is 0.618. The number of nitrogens with one attached hydrogen (secondary N) is 1. The SMILES string of the molecule is COc1ccc(-n2nc(N3CCC(C(=O)NCCCOC(C)C)CC3)ccc2=O)cc1. The summed E-state index contributed by atoms with van der Waals surface area (Å²) in [6, 6.07) is 10.5. The number of rotatable bonds is 9. The number of anilines is 1. The topological polar surface area (TPSA) is 85.7 Å². The molecular weight excluding hydrogens is 396 g/mol. The average Bonchev–Trinajstić information content (AvgIpc) is 2.79. The van der Waals surface area contributed by atoms with Crippen molar-refractivity contribution in [2.24, 2.45) is 5.92 Å². The minimum Gasteiger partial charge on any atom is -0.497 e. The Bertz CT molecular complexity index is 903. The van der Waals surface area contributed by atoms with Crippen molar-refractivity contribution in [1.82, 2.24) is 15.1 Å². The third kappa shape index (κ3) is 6.30. The Morgan fingerprint density at radius 2 is 1.87 bits per heavy atom. The molecule has 2 heterocycles. The molecule has 8 nitrogen and oxygen atoms in total. The summed E-state index contributed by atoms with van der Waals surface area (Å²) in [7, 11) is 1.60. The molecule has 1 aromatic heterocycles. The summed E-state index contributed by atoms with van der Waals surface area (Å²) in [6.07, 6.45) is 2.56. The van der Waals surface area contributed by atoms with Gasteiger partial charge in [0.2, 0.25) is 5.91 Å². The molecule has 1 saturated heterocycles. The Labute approximate surface area is 183 Å². The van der Waals surface area contributed by atoms with E-state index in [2.05, 4.69) is 15.3 Å². The maximum atomic E-state index is 12.4. The van der Waals surface area contributed by atoms with E-state index in [1.165, 1.54) is 10.7 Å². The fourth-order valence-corrected chi connectivity index (χ4v) is 3.60. The lowest BCUT2D eigenvalue weighted by molar-refractivity contribution is -0.125. The van der Waals surface area contributed by atoms with E-state index in [1.54, 1.807) is 37.4 Å². The first kappa shape index (κ1) is 22.8. The zero-order valence-electron chi connectivity index (χ0n) is 18.5. The number of ether oxygens (including phenoxy) is 2. The molecule has 0 atom stereocenters. The van der Waals surface area contributed by atoms with Crippen LogP contribution in [-0.4, -0.2) is 55.1 Å². The lowest BCUT2D eigenvalue weighted by Crippen LogP contribution is -2.41. The third-order valence-electron chi connectivity index (χ3n) is 5.36. The lowest BCUT2D eigenvalue weighted by atomic mass is 9.96. The van der Waals surface area contributed by atoms with E-state index in [4.69, 9.17) is 9.47 Å². The van der Waals surface area contributed by atoms with Crippen LogP contribution in [0.25, 0.3) is 5.69 Å². The van der Waals surface area contributed by atoms with Crippen molar-refractivity contribution in [2.75, 3.05) is 38.3 Å². The van der Waals surface area contributed by atoms with Crippen molar-refractivity contribution in [1.29, 1.82) is 0 Å². The zero-order valence-corrected chi connectivity index (χ0v) is 18.5. The van der Waals surface area contributed by atoms with Gasteiger partial charge in [-0.2, -0.15) is 4.68 Å². The molecule has 168 valence electrons. The van der Waals surface area contributed by atoms with Gasteiger partial charge in [0, 0.05) is 38.2 Å². The Morgan fingerprint density at radius 3 is 2.52 bits per heavy atom. The van der Waals surface area contributed by atoms with E-state index in [1.807, 2.05) is 13.8 Å². The Balaban J connectivity index is 1.54. The molecule has 1 aromatic carbocycles. The van der Waals surface area contributed by atoms with Crippen LogP contribution in [0.2, 0.25) is 0 Å². The Morgan fingerprint density at radius 1 is 1.16 bits per heavy atom. The monoisotopic (exact) mass is 428 g/mol. The number of hydrogen-bond acceptors (Lipinski definition) is 6. The number of methoxy groups -OCH3 is 1. The second-order valence-electron chi connectivity index (χ2n) is 7.97. The van der Waals surface area contributed by atoms with Crippen LogP contribution in [0, 0.1) is 5.92 Å². The number of nitrogens with zero attached hydrogens (tertiary/aromatic N) is 3. The number of amides is 1.